The smallest absolute Gasteiger partial charge is 0.267 e. The molecule has 0 aliphatic carbocycles. The summed E-state index contributed by atoms with van der Waals surface area (Å²) in [5, 5.41) is 6.83. The van der Waals surface area contributed by atoms with Crippen LogP contribution in [0.5, 0.6) is 0 Å². The topological polar surface area (TPSA) is 84.3 Å². The van der Waals surface area contributed by atoms with Gasteiger partial charge in [-0.1, -0.05) is 26.0 Å². The number of hydrogen-bond acceptors (Lipinski definition) is 4. The van der Waals surface area contributed by atoms with E-state index in [2.05, 4.69) is 24.3 Å². The van der Waals surface area contributed by atoms with Crippen molar-refractivity contribution in [2.24, 2.45) is 11.8 Å². The first-order valence-corrected chi connectivity index (χ1v) is 9.56. The van der Waals surface area contributed by atoms with Crippen LogP contribution in [0, 0.1) is 18.8 Å². The third-order valence-corrected chi connectivity index (χ3v) is 4.88. The first-order chi connectivity index (χ1) is 13.3. The number of carbonyl (C=O) groups excluding carboxylic acids is 2. The molecule has 1 fully saturated rings. The van der Waals surface area contributed by atoms with Gasteiger partial charge in [0, 0.05) is 19.2 Å². The standard InChI is InChI=1S/C21H26N4O3/c1-14-10-15(2)12-24(11-14)21(28)17-6-4-5-7-18(17)22-19(26)13-25-20(27)9-8-16(3)23-25/h4-9,14-15H,10-13H2,1-3H3,(H,22,26). The number of para-hydroxylation sites is 1. The number of rotatable bonds is 4. The van der Waals surface area contributed by atoms with Gasteiger partial charge in [0.05, 0.1) is 16.9 Å². The molecule has 1 saturated heterocycles. The summed E-state index contributed by atoms with van der Waals surface area (Å²) in [6.45, 7) is 7.28. The van der Waals surface area contributed by atoms with E-state index in [1.165, 1.54) is 6.07 Å². The second-order valence-electron chi connectivity index (χ2n) is 7.72. The van der Waals surface area contributed by atoms with Gasteiger partial charge in [0.1, 0.15) is 6.54 Å². The van der Waals surface area contributed by atoms with Crippen molar-refractivity contribution in [3.05, 3.63) is 58.0 Å². The molecule has 1 aromatic carbocycles. The molecule has 2 aromatic rings. The highest BCUT2D eigenvalue weighted by Gasteiger charge is 2.27. The number of hydrogen-bond donors (Lipinski definition) is 1. The van der Waals surface area contributed by atoms with Crippen LogP contribution >= 0.6 is 0 Å². The van der Waals surface area contributed by atoms with E-state index in [9.17, 15) is 14.4 Å². The van der Waals surface area contributed by atoms with Gasteiger partial charge in [0.15, 0.2) is 0 Å². The quantitative estimate of drug-likeness (QED) is 0.879. The fraction of sp³-hybridized carbons (Fsp3) is 0.429. The predicted octanol–water partition coefficient (Wildman–Crippen LogP) is 2.31. The fourth-order valence-corrected chi connectivity index (χ4v) is 3.77. The van der Waals surface area contributed by atoms with E-state index >= 15 is 0 Å². The summed E-state index contributed by atoms with van der Waals surface area (Å²) >= 11 is 0. The lowest BCUT2D eigenvalue weighted by Crippen LogP contribution is -2.42. The maximum atomic E-state index is 13.1. The van der Waals surface area contributed by atoms with Crippen LogP contribution in [0.3, 0.4) is 0 Å². The normalized spacial score (nSPS) is 19.3. The third-order valence-electron chi connectivity index (χ3n) is 4.88. The highest BCUT2D eigenvalue weighted by atomic mass is 16.2. The maximum Gasteiger partial charge on any atom is 0.267 e. The molecule has 2 heterocycles. The number of benzene rings is 1. The van der Waals surface area contributed by atoms with E-state index in [4.69, 9.17) is 0 Å². The Morgan fingerprint density at radius 1 is 1.11 bits per heavy atom. The molecule has 7 nitrogen and oxygen atoms in total. The lowest BCUT2D eigenvalue weighted by Gasteiger charge is -2.35. The SMILES string of the molecule is Cc1ccc(=O)n(CC(=O)Nc2ccccc2C(=O)N2CC(C)CC(C)C2)n1. The average Bonchev–Trinajstić information content (AvgIpc) is 2.64. The van der Waals surface area contributed by atoms with Crippen LogP contribution in [0.4, 0.5) is 5.69 Å². The van der Waals surface area contributed by atoms with Crippen molar-refractivity contribution < 1.29 is 9.59 Å². The summed E-state index contributed by atoms with van der Waals surface area (Å²) in [6.07, 6.45) is 1.11. The number of aromatic nitrogens is 2. The van der Waals surface area contributed by atoms with E-state index in [1.54, 1.807) is 37.3 Å². The van der Waals surface area contributed by atoms with Crippen LogP contribution in [-0.2, 0) is 11.3 Å². The summed E-state index contributed by atoms with van der Waals surface area (Å²) in [6, 6.07) is 9.96. The van der Waals surface area contributed by atoms with Gasteiger partial charge in [-0.05, 0) is 43.4 Å². The van der Waals surface area contributed by atoms with Crippen molar-refractivity contribution in [2.75, 3.05) is 18.4 Å². The predicted molar refractivity (Wildman–Crippen MR) is 107 cm³/mol. The summed E-state index contributed by atoms with van der Waals surface area (Å²) in [7, 11) is 0. The first-order valence-electron chi connectivity index (χ1n) is 9.56. The number of anilines is 1. The number of nitrogens with one attached hydrogen (secondary N) is 1. The number of likely N-dealkylation sites (tertiary alicyclic amines) is 1. The van der Waals surface area contributed by atoms with Crippen molar-refractivity contribution in [1.29, 1.82) is 0 Å². The molecule has 1 N–H and O–H groups in total. The third kappa shape index (κ3) is 4.65. The van der Waals surface area contributed by atoms with E-state index in [1.807, 2.05) is 4.90 Å². The molecule has 7 heteroatoms. The number of aryl methyl sites for hydroxylation is 1. The van der Waals surface area contributed by atoms with Crippen molar-refractivity contribution in [2.45, 2.75) is 33.7 Å². The number of nitrogens with zero attached hydrogens (tertiary/aromatic N) is 3. The van der Waals surface area contributed by atoms with E-state index in [-0.39, 0.29) is 18.0 Å². The summed E-state index contributed by atoms with van der Waals surface area (Å²) in [5.41, 5.74) is 1.21. The minimum atomic E-state index is -0.402. The average molecular weight is 382 g/mol. The van der Waals surface area contributed by atoms with Gasteiger partial charge in [-0.15, -0.1) is 0 Å². The molecule has 1 aliphatic rings. The second kappa shape index (κ2) is 8.37. The molecule has 148 valence electrons. The van der Waals surface area contributed by atoms with E-state index in [0.717, 1.165) is 11.1 Å². The molecule has 0 radical (unpaired) electrons. The Balaban J connectivity index is 1.76. The van der Waals surface area contributed by atoms with Gasteiger partial charge in [-0.2, -0.15) is 5.10 Å². The highest BCUT2D eigenvalue weighted by Crippen LogP contribution is 2.25. The van der Waals surface area contributed by atoms with Gasteiger partial charge in [0.25, 0.3) is 11.5 Å². The second-order valence-corrected chi connectivity index (χ2v) is 7.72. The maximum absolute atomic E-state index is 13.1. The van der Waals surface area contributed by atoms with Crippen LogP contribution in [0.25, 0.3) is 0 Å². The summed E-state index contributed by atoms with van der Waals surface area (Å²) in [5.74, 6) is 0.420. The van der Waals surface area contributed by atoms with Crippen LogP contribution in [0.1, 0.15) is 36.3 Å². The minimum Gasteiger partial charge on any atom is -0.338 e. The molecule has 3 rings (SSSR count). The molecule has 2 amide bonds. The Kier molecular flexibility index (Phi) is 5.92. The largest absolute Gasteiger partial charge is 0.338 e. The molecule has 0 saturated carbocycles. The number of amides is 2. The first kappa shape index (κ1) is 19.8. The van der Waals surface area contributed by atoms with Crippen molar-refractivity contribution in [3.63, 3.8) is 0 Å². The molecule has 0 bridgehead atoms. The number of piperidine rings is 1. The van der Waals surface area contributed by atoms with Crippen molar-refractivity contribution in [1.82, 2.24) is 14.7 Å². The molecule has 1 aromatic heterocycles. The van der Waals surface area contributed by atoms with Crippen LogP contribution in [0.2, 0.25) is 0 Å². The van der Waals surface area contributed by atoms with Crippen LogP contribution in [-0.4, -0.2) is 39.6 Å². The minimum absolute atomic E-state index is 0.0832. The Morgan fingerprint density at radius 2 is 1.79 bits per heavy atom. The summed E-state index contributed by atoms with van der Waals surface area (Å²) < 4.78 is 1.11. The van der Waals surface area contributed by atoms with E-state index in [0.29, 0.717) is 41.9 Å². The lowest BCUT2D eigenvalue weighted by molar-refractivity contribution is -0.117. The van der Waals surface area contributed by atoms with Gasteiger partial charge in [-0.3, -0.25) is 14.4 Å². The molecule has 2 unspecified atom stereocenters. The van der Waals surface area contributed by atoms with Gasteiger partial charge in [0.2, 0.25) is 5.91 Å². The van der Waals surface area contributed by atoms with Gasteiger partial charge < -0.3 is 10.2 Å². The highest BCUT2D eigenvalue weighted by molar-refractivity contribution is 6.03. The monoisotopic (exact) mass is 382 g/mol. The Labute approximate surface area is 164 Å². The van der Waals surface area contributed by atoms with Gasteiger partial charge in [-0.25, -0.2) is 4.68 Å². The zero-order valence-electron chi connectivity index (χ0n) is 16.5. The molecule has 28 heavy (non-hydrogen) atoms. The lowest BCUT2D eigenvalue weighted by atomic mass is 9.91. The Morgan fingerprint density at radius 3 is 2.50 bits per heavy atom. The molecular formula is C21H26N4O3. The van der Waals surface area contributed by atoms with Crippen LogP contribution < -0.4 is 10.9 Å². The molecular weight excluding hydrogens is 356 g/mol. The molecule has 2 atom stereocenters. The van der Waals surface area contributed by atoms with Crippen molar-refractivity contribution in [3.8, 4) is 0 Å². The Bertz CT molecular complexity index is 927. The zero-order chi connectivity index (χ0) is 20.3. The van der Waals surface area contributed by atoms with Crippen LogP contribution in [0.15, 0.2) is 41.2 Å². The Hall–Kier alpha value is -2.96. The summed E-state index contributed by atoms with van der Waals surface area (Å²) in [4.78, 5) is 39.2. The van der Waals surface area contributed by atoms with Crippen molar-refractivity contribution >= 4 is 17.5 Å². The fourth-order valence-electron chi connectivity index (χ4n) is 3.77. The molecule has 0 spiro atoms. The van der Waals surface area contributed by atoms with Gasteiger partial charge >= 0.3 is 0 Å². The number of carbonyl (C=O) groups is 2. The molecule has 1 aliphatic heterocycles. The van der Waals surface area contributed by atoms with E-state index < -0.39 is 5.91 Å². The zero-order valence-corrected chi connectivity index (χ0v) is 16.5.